The summed E-state index contributed by atoms with van der Waals surface area (Å²) < 4.78 is 32.7. The van der Waals surface area contributed by atoms with Crippen LogP contribution in [0, 0.1) is 0 Å². The number of benzene rings is 2. The molecule has 0 radical (unpaired) electrons. The first-order chi connectivity index (χ1) is 15.8. The number of ether oxygens (including phenoxy) is 1. The monoisotopic (exact) mass is 486 g/mol. The number of amides is 1. The van der Waals surface area contributed by atoms with E-state index < -0.39 is 21.9 Å². The van der Waals surface area contributed by atoms with E-state index in [0.717, 1.165) is 29.7 Å². The molecule has 3 rings (SSSR count). The zero-order valence-electron chi connectivity index (χ0n) is 18.7. The van der Waals surface area contributed by atoms with Crippen LogP contribution in [0.25, 0.3) is 0 Å². The zero-order chi connectivity index (χ0) is 24.0. The fraction of sp³-hybridized carbons (Fsp3) is 0.250. The maximum atomic E-state index is 13.3. The normalized spacial score (nSPS) is 11.1. The number of carbonyl (C=O) groups is 2. The van der Waals surface area contributed by atoms with Crippen LogP contribution in [0.1, 0.15) is 45.9 Å². The number of thiophene rings is 1. The van der Waals surface area contributed by atoms with Gasteiger partial charge in [-0.1, -0.05) is 31.5 Å². The molecule has 0 fully saturated rings. The number of esters is 1. The van der Waals surface area contributed by atoms with Gasteiger partial charge in [-0.05, 0) is 60.7 Å². The van der Waals surface area contributed by atoms with Crippen LogP contribution < -0.4 is 9.62 Å². The van der Waals surface area contributed by atoms with Crippen LogP contribution in [0.2, 0.25) is 0 Å². The van der Waals surface area contributed by atoms with Gasteiger partial charge in [0.2, 0.25) is 0 Å². The second-order valence-corrected chi connectivity index (χ2v) is 10.1. The first-order valence-corrected chi connectivity index (χ1v) is 12.8. The second-order valence-electron chi connectivity index (χ2n) is 7.26. The van der Waals surface area contributed by atoms with Crippen molar-refractivity contribution in [1.82, 2.24) is 0 Å². The van der Waals surface area contributed by atoms with E-state index in [1.807, 2.05) is 12.1 Å². The van der Waals surface area contributed by atoms with Crippen LogP contribution in [-0.2, 0) is 21.2 Å². The summed E-state index contributed by atoms with van der Waals surface area (Å²) in [5.41, 5.74) is 2.30. The van der Waals surface area contributed by atoms with Crippen LogP contribution in [0.15, 0.2) is 64.9 Å². The van der Waals surface area contributed by atoms with E-state index in [1.165, 1.54) is 23.5 Å². The van der Waals surface area contributed by atoms with Crippen LogP contribution >= 0.6 is 11.3 Å². The molecule has 1 N–H and O–H groups in total. The number of carbonyl (C=O) groups excluding carboxylic acids is 2. The summed E-state index contributed by atoms with van der Waals surface area (Å²) in [6.45, 7) is 4.03. The Morgan fingerprint density at radius 1 is 1.06 bits per heavy atom. The Hall–Kier alpha value is -3.17. The van der Waals surface area contributed by atoms with Crippen molar-refractivity contribution in [1.29, 1.82) is 0 Å². The number of nitrogens with one attached hydrogen (secondary N) is 1. The average molecular weight is 487 g/mol. The quantitative estimate of drug-likeness (QED) is 0.432. The van der Waals surface area contributed by atoms with Crippen molar-refractivity contribution in [3.63, 3.8) is 0 Å². The molecule has 0 bridgehead atoms. The largest absolute Gasteiger partial charge is 0.462 e. The van der Waals surface area contributed by atoms with Crippen molar-refractivity contribution < 1.29 is 22.7 Å². The van der Waals surface area contributed by atoms with Gasteiger partial charge < -0.3 is 10.1 Å². The van der Waals surface area contributed by atoms with Crippen LogP contribution in [0.5, 0.6) is 0 Å². The molecule has 0 aliphatic rings. The van der Waals surface area contributed by atoms with Gasteiger partial charge in [0, 0.05) is 12.7 Å². The van der Waals surface area contributed by atoms with Crippen LogP contribution in [-0.4, -0.2) is 33.9 Å². The summed E-state index contributed by atoms with van der Waals surface area (Å²) in [6, 6.07) is 15.1. The van der Waals surface area contributed by atoms with Gasteiger partial charge in [-0.15, -0.1) is 11.3 Å². The van der Waals surface area contributed by atoms with Gasteiger partial charge in [0.05, 0.1) is 17.9 Å². The fourth-order valence-electron chi connectivity index (χ4n) is 3.24. The highest BCUT2D eigenvalue weighted by Crippen LogP contribution is 2.29. The van der Waals surface area contributed by atoms with Gasteiger partial charge in [-0.3, -0.25) is 9.10 Å². The van der Waals surface area contributed by atoms with E-state index >= 15 is 0 Å². The third-order valence-electron chi connectivity index (χ3n) is 4.94. The molecule has 33 heavy (non-hydrogen) atoms. The van der Waals surface area contributed by atoms with Gasteiger partial charge in [-0.25, -0.2) is 13.2 Å². The molecule has 1 amide bonds. The molecule has 0 aliphatic heterocycles. The highest BCUT2D eigenvalue weighted by atomic mass is 32.2. The molecule has 0 aliphatic carbocycles. The lowest BCUT2D eigenvalue weighted by molar-refractivity contribution is 0.0526. The van der Waals surface area contributed by atoms with Gasteiger partial charge in [-0.2, -0.15) is 0 Å². The summed E-state index contributed by atoms with van der Waals surface area (Å²) in [5, 5.41) is 4.24. The minimum absolute atomic E-state index is 0.0611. The first-order valence-electron chi connectivity index (χ1n) is 10.5. The molecule has 3 aromatic rings. The number of aryl methyl sites for hydroxylation is 1. The average Bonchev–Trinajstić information content (AvgIpc) is 3.31. The minimum Gasteiger partial charge on any atom is -0.462 e. The Morgan fingerprint density at radius 3 is 2.45 bits per heavy atom. The first kappa shape index (κ1) is 24.5. The molecular weight excluding hydrogens is 460 g/mol. The van der Waals surface area contributed by atoms with Crippen LogP contribution in [0.3, 0.4) is 0 Å². The van der Waals surface area contributed by atoms with E-state index in [1.54, 1.807) is 42.6 Å². The lowest BCUT2D eigenvalue weighted by Crippen LogP contribution is -2.28. The Balaban J connectivity index is 1.83. The van der Waals surface area contributed by atoms with E-state index in [2.05, 4.69) is 12.2 Å². The number of rotatable bonds is 9. The molecule has 7 nitrogen and oxygen atoms in total. The fourth-order valence-corrected chi connectivity index (χ4v) is 5.73. The Labute approximate surface area is 198 Å². The molecule has 0 spiro atoms. The topological polar surface area (TPSA) is 92.8 Å². The summed E-state index contributed by atoms with van der Waals surface area (Å²) in [4.78, 5) is 24.9. The van der Waals surface area contributed by atoms with Crippen molar-refractivity contribution in [3.05, 3.63) is 76.0 Å². The van der Waals surface area contributed by atoms with Crippen molar-refractivity contribution in [2.45, 2.75) is 31.6 Å². The number of hydrogen-bond donors (Lipinski definition) is 1. The molecule has 1 heterocycles. The smallest absolute Gasteiger partial charge is 0.338 e. The van der Waals surface area contributed by atoms with Crippen molar-refractivity contribution in [2.75, 3.05) is 23.3 Å². The van der Waals surface area contributed by atoms with Crippen LogP contribution in [0.4, 0.5) is 11.4 Å². The minimum atomic E-state index is -3.96. The zero-order valence-corrected chi connectivity index (χ0v) is 20.3. The van der Waals surface area contributed by atoms with Crippen molar-refractivity contribution in [3.8, 4) is 0 Å². The molecule has 2 aromatic carbocycles. The molecule has 0 saturated carbocycles. The summed E-state index contributed by atoms with van der Waals surface area (Å²) in [6.07, 6.45) is 1.92. The molecule has 1 aromatic heterocycles. The maximum absolute atomic E-state index is 13.3. The number of hydrogen-bond acceptors (Lipinski definition) is 6. The summed E-state index contributed by atoms with van der Waals surface area (Å²) in [7, 11) is -2.50. The molecule has 174 valence electrons. The number of anilines is 2. The third kappa shape index (κ3) is 5.61. The molecule has 0 saturated heterocycles. The van der Waals surface area contributed by atoms with Crippen molar-refractivity contribution in [2.24, 2.45) is 0 Å². The SMILES string of the molecule is CCCc1ccc(N(C)S(=O)(=O)c2ccsc2C(=O)Nc2cccc(C(=O)OCC)c2)cc1. The van der Waals surface area contributed by atoms with E-state index in [4.69, 9.17) is 4.74 Å². The van der Waals surface area contributed by atoms with Gasteiger partial charge in [0.25, 0.3) is 15.9 Å². The predicted octanol–water partition coefficient (Wildman–Crippen LogP) is 4.95. The summed E-state index contributed by atoms with van der Waals surface area (Å²) >= 11 is 1.03. The molecule has 9 heteroatoms. The van der Waals surface area contributed by atoms with E-state index in [0.29, 0.717) is 16.9 Å². The van der Waals surface area contributed by atoms with Gasteiger partial charge in [0.1, 0.15) is 9.77 Å². The van der Waals surface area contributed by atoms with E-state index in [9.17, 15) is 18.0 Å². The summed E-state index contributed by atoms with van der Waals surface area (Å²) in [5.74, 6) is -1.07. The number of sulfonamides is 1. The molecular formula is C24H26N2O5S2. The second kappa shape index (κ2) is 10.6. The highest BCUT2D eigenvalue weighted by molar-refractivity contribution is 7.93. The highest BCUT2D eigenvalue weighted by Gasteiger charge is 2.28. The maximum Gasteiger partial charge on any atom is 0.338 e. The third-order valence-corrected chi connectivity index (χ3v) is 7.81. The Kier molecular flexibility index (Phi) is 7.88. The Bertz CT molecular complexity index is 1230. The van der Waals surface area contributed by atoms with Gasteiger partial charge in [0.15, 0.2) is 0 Å². The predicted molar refractivity (Wildman–Crippen MR) is 131 cm³/mol. The van der Waals surface area contributed by atoms with E-state index in [-0.39, 0.29) is 16.4 Å². The lowest BCUT2D eigenvalue weighted by atomic mass is 10.1. The molecule has 0 atom stereocenters. The van der Waals surface area contributed by atoms with Gasteiger partial charge >= 0.3 is 5.97 Å². The lowest BCUT2D eigenvalue weighted by Gasteiger charge is -2.20. The Morgan fingerprint density at radius 2 is 1.79 bits per heavy atom. The standard InChI is InChI=1S/C24H26N2O5S2/c1-4-7-17-10-12-20(13-11-17)26(3)33(29,30)21-14-15-32-22(21)23(27)25-19-9-6-8-18(16-19)24(28)31-5-2/h6,8-16H,4-5,7H2,1-3H3,(H,25,27). The van der Waals surface area contributed by atoms with Crippen molar-refractivity contribution >= 4 is 44.6 Å². The number of nitrogens with zero attached hydrogens (tertiary/aromatic N) is 1. The molecule has 0 unspecified atom stereocenters.